The largest absolute Gasteiger partial charge is 0.309 e. The highest BCUT2D eigenvalue weighted by molar-refractivity contribution is 6.19. The molecular formula is C44H27N5. The second-order valence-corrected chi connectivity index (χ2v) is 12.5. The summed E-state index contributed by atoms with van der Waals surface area (Å²) < 4.78 is 6.73. The highest BCUT2D eigenvalue weighted by Gasteiger charge is 2.22. The summed E-state index contributed by atoms with van der Waals surface area (Å²) in [6.07, 6.45) is 1.41. The Hall–Kier alpha value is -6.90. The van der Waals surface area contributed by atoms with E-state index in [1.54, 1.807) is 0 Å². The van der Waals surface area contributed by atoms with Gasteiger partial charge >= 0.3 is 0 Å². The van der Waals surface area contributed by atoms with Crippen LogP contribution in [0.4, 0.5) is 0 Å². The number of benzene rings is 7. The number of aromatic nitrogens is 3. The lowest BCUT2D eigenvalue weighted by atomic mass is 10.1. The Labute approximate surface area is 281 Å². The molecule has 3 aromatic heterocycles. The van der Waals surface area contributed by atoms with Crippen LogP contribution in [0, 0.1) is 16.7 Å². The molecule has 0 atom stereocenters. The minimum absolute atomic E-state index is 0.541. The minimum Gasteiger partial charge on any atom is -0.309 e. The number of hydrogen-bond acceptors (Lipinski definition) is 2. The normalized spacial score (nSPS) is 11.7. The van der Waals surface area contributed by atoms with Crippen molar-refractivity contribution in [1.29, 1.82) is 10.7 Å². The molecule has 7 aromatic carbocycles. The van der Waals surface area contributed by atoms with Crippen LogP contribution in [0.5, 0.6) is 0 Å². The van der Waals surface area contributed by atoms with Crippen molar-refractivity contribution < 1.29 is 0 Å². The van der Waals surface area contributed by atoms with Crippen molar-refractivity contribution in [3.8, 4) is 23.1 Å². The molecule has 10 aromatic rings. The van der Waals surface area contributed by atoms with Gasteiger partial charge in [-0.1, -0.05) is 91.0 Å². The van der Waals surface area contributed by atoms with Gasteiger partial charge in [0.2, 0.25) is 0 Å². The maximum atomic E-state index is 10.7. The van der Waals surface area contributed by atoms with Crippen LogP contribution in [0.15, 0.2) is 152 Å². The predicted molar refractivity (Wildman–Crippen MR) is 202 cm³/mol. The van der Waals surface area contributed by atoms with Crippen LogP contribution < -0.4 is 0 Å². The number of nitrogens with one attached hydrogen (secondary N) is 1. The van der Waals surface area contributed by atoms with Crippen molar-refractivity contribution in [2.45, 2.75) is 0 Å². The van der Waals surface area contributed by atoms with Crippen molar-refractivity contribution in [2.24, 2.45) is 0 Å². The summed E-state index contributed by atoms with van der Waals surface area (Å²) in [6, 6.07) is 55.2. The Morgan fingerprint density at radius 3 is 1.37 bits per heavy atom. The van der Waals surface area contributed by atoms with Gasteiger partial charge in [-0.15, -0.1) is 0 Å². The second-order valence-electron chi connectivity index (χ2n) is 12.5. The van der Waals surface area contributed by atoms with Crippen LogP contribution in [0.1, 0.15) is 11.1 Å². The van der Waals surface area contributed by atoms with Crippen LogP contribution in [-0.4, -0.2) is 19.9 Å². The standard InChI is InChI=1S/C44H27N5/c45-26-28-23-42(29(27-46)22-41(28)48-38-19-9-4-14-31(38)32-15-5-10-20-39(32)48)49-40-21-11-7-17-34(40)36-24-43-35(25-44(36)49)33-16-6-8-18-37(33)47(43)30-12-2-1-3-13-30/h1-25,27,46H. The molecule has 0 saturated heterocycles. The van der Waals surface area contributed by atoms with E-state index in [-0.39, 0.29) is 0 Å². The molecule has 0 bridgehead atoms. The fourth-order valence-electron chi connectivity index (χ4n) is 7.90. The first-order valence-corrected chi connectivity index (χ1v) is 16.3. The lowest BCUT2D eigenvalue weighted by Gasteiger charge is -2.16. The molecule has 1 N–H and O–H groups in total. The van der Waals surface area contributed by atoms with Gasteiger partial charge in [0.1, 0.15) is 6.07 Å². The molecule has 0 aliphatic rings. The fourth-order valence-corrected chi connectivity index (χ4v) is 7.90. The van der Waals surface area contributed by atoms with E-state index in [0.717, 1.165) is 82.7 Å². The molecule has 0 unspecified atom stereocenters. The molecule has 228 valence electrons. The highest BCUT2D eigenvalue weighted by Crippen LogP contribution is 2.41. The van der Waals surface area contributed by atoms with Gasteiger partial charge in [0.15, 0.2) is 0 Å². The van der Waals surface area contributed by atoms with Gasteiger partial charge in [-0.3, -0.25) is 0 Å². The summed E-state index contributed by atoms with van der Waals surface area (Å²) in [7, 11) is 0. The van der Waals surface area contributed by atoms with Gasteiger partial charge in [-0.05, 0) is 60.7 Å². The molecular weight excluding hydrogens is 599 g/mol. The molecule has 0 aliphatic heterocycles. The molecule has 3 heterocycles. The third-order valence-electron chi connectivity index (χ3n) is 9.96. The van der Waals surface area contributed by atoms with Gasteiger partial charge < -0.3 is 19.1 Å². The molecule has 5 nitrogen and oxygen atoms in total. The average molecular weight is 626 g/mol. The van der Waals surface area contributed by atoms with Crippen molar-refractivity contribution in [1.82, 2.24) is 13.7 Å². The van der Waals surface area contributed by atoms with Gasteiger partial charge in [0.05, 0.1) is 50.0 Å². The molecule has 10 rings (SSSR count). The van der Waals surface area contributed by atoms with Gasteiger partial charge in [-0.25, -0.2) is 0 Å². The van der Waals surface area contributed by atoms with Crippen LogP contribution in [0.3, 0.4) is 0 Å². The number of nitriles is 1. The molecule has 5 heteroatoms. The Bertz CT molecular complexity index is 2970. The highest BCUT2D eigenvalue weighted by atomic mass is 15.0. The zero-order valence-electron chi connectivity index (χ0n) is 26.3. The van der Waals surface area contributed by atoms with Crippen molar-refractivity contribution in [3.63, 3.8) is 0 Å². The number of rotatable bonds is 4. The Morgan fingerprint density at radius 1 is 0.429 bits per heavy atom. The van der Waals surface area contributed by atoms with Crippen LogP contribution in [0.2, 0.25) is 0 Å². The molecule has 49 heavy (non-hydrogen) atoms. The number of fused-ring (bicyclic) bond motifs is 9. The molecule has 0 amide bonds. The summed E-state index contributed by atoms with van der Waals surface area (Å²) in [5.41, 5.74) is 10.3. The van der Waals surface area contributed by atoms with E-state index in [2.05, 4.69) is 129 Å². The van der Waals surface area contributed by atoms with Crippen LogP contribution >= 0.6 is 0 Å². The summed E-state index contributed by atoms with van der Waals surface area (Å²) in [5.74, 6) is 0. The van der Waals surface area contributed by atoms with E-state index in [1.165, 1.54) is 11.6 Å². The average Bonchev–Trinajstić information content (AvgIpc) is 3.79. The van der Waals surface area contributed by atoms with Crippen molar-refractivity contribution in [2.75, 3.05) is 0 Å². The Balaban J connectivity index is 1.31. The Morgan fingerprint density at radius 2 is 0.857 bits per heavy atom. The first-order valence-electron chi connectivity index (χ1n) is 16.3. The molecule has 0 spiro atoms. The monoisotopic (exact) mass is 625 g/mol. The number of hydrogen-bond donors (Lipinski definition) is 1. The summed E-state index contributed by atoms with van der Waals surface area (Å²) in [5, 5.41) is 26.2. The zero-order chi connectivity index (χ0) is 32.6. The van der Waals surface area contributed by atoms with Crippen LogP contribution in [0.25, 0.3) is 82.5 Å². The molecule has 0 fully saturated rings. The first kappa shape index (κ1) is 27.2. The third-order valence-corrected chi connectivity index (χ3v) is 9.96. The quantitative estimate of drug-likeness (QED) is 0.194. The van der Waals surface area contributed by atoms with E-state index in [1.807, 2.05) is 42.5 Å². The van der Waals surface area contributed by atoms with E-state index >= 15 is 0 Å². The van der Waals surface area contributed by atoms with E-state index in [4.69, 9.17) is 5.41 Å². The predicted octanol–water partition coefficient (Wildman–Crippen LogP) is 10.8. The lowest BCUT2D eigenvalue weighted by molar-refractivity contribution is 1.13. The summed E-state index contributed by atoms with van der Waals surface area (Å²) in [6.45, 7) is 0. The minimum atomic E-state index is 0.541. The van der Waals surface area contributed by atoms with Crippen LogP contribution in [-0.2, 0) is 0 Å². The second kappa shape index (κ2) is 10.3. The maximum absolute atomic E-state index is 10.7. The smallest absolute Gasteiger partial charge is 0.101 e. The van der Waals surface area contributed by atoms with Gasteiger partial charge in [0.25, 0.3) is 0 Å². The van der Waals surface area contributed by atoms with Crippen molar-refractivity contribution >= 4 is 71.6 Å². The first-order chi connectivity index (χ1) is 24.2. The van der Waals surface area contributed by atoms with E-state index < -0.39 is 0 Å². The van der Waals surface area contributed by atoms with E-state index in [9.17, 15) is 5.26 Å². The molecule has 0 saturated carbocycles. The van der Waals surface area contributed by atoms with Gasteiger partial charge in [0, 0.05) is 49.8 Å². The zero-order valence-corrected chi connectivity index (χ0v) is 26.3. The van der Waals surface area contributed by atoms with Gasteiger partial charge in [-0.2, -0.15) is 5.26 Å². The number of nitrogens with zero attached hydrogens (tertiary/aromatic N) is 4. The van der Waals surface area contributed by atoms with Crippen molar-refractivity contribution in [3.05, 3.63) is 163 Å². The maximum Gasteiger partial charge on any atom is 0.101 e. The Kier molecular flexibility index (Phi) is 5.73. The topological polar surface area (TPSA) is 62.4 Å². The lowest BCUT2D eigenvalue weighted by Crippen LogP contribution is -2.05. The van der Waals surface area contributed by atoms with E-state index in [0.29, 0.717) is 5.56 Å². The molecule has 0 aliphatic carbocycles. The number of para-hydroxylation sites is 5. The molecule has 0 radical (unpaired) electrons. The SMILES string of the molecule is N#Cc1cc(-n2c3ccccc3c3cc4c(cc32)c2ccccc2n4-c2ccccc2)c(C=N)cc1-n1c2ccccc2c2ccccc21. The summed E-state index contributed by atoms with van der Waals surface area (Å²) in [4.78, 5) is 0. The fraction of sp³-hybridized carbons (Fsp3) is 0. The third kappa shape index (κ3) is 3.77. The summed E-state index contributed by atoms with van der Waals surface area (Å²) >= 11 is 0.